The van der Waals surface area contributed by atoms with Gasteiger partial charge in [0.05, 0.1) is 6.04 Å². The van der Waals surface area contributed by atoms with Gasteiger partial charge in [0.1, 0.15) is 5.94 Å². The second-order valence-electron chi connectivity index (χ2n) is 5.48. The Morgan fingerprint density at radius 1 is 1.21 bits per heavy atom. The topological polar surface area (TPSA) is 36.1 Å². The van der Waals surface area contributed by atoms with Gasteiger partial charge in [-0.25, -0.2) is 4.79 Å². The first-order chi connectivity index (χ1) is 9.38. The molecule has 2 aliphatic rings. The molecule has 4 rings (SSSR count). The van der Waals surface area contributed by atoms with Crippen molar-refractivity contribution in [3.63, 3.8) is 0 Å². The van der Waals surface area contributed by atoms with Crippen LogP contribution in [0.3, 0.4) is 0 Å². The van der Waals surface area contributed by atoms with Crippen LogP contribution >= 0.6 is 0 Å². The number of H-pyrrole nitrogens is 1. The van der Waals surface area contributed by atoms with E-state index in [9.17, 15) is 4.79 Å². The molecule has 2 aromatic rings. The van der Waals surface area contributed by atoms with Crippen LogP contribution in [0.25, 0.3) is 10.9 Å². The molecule has 1 unspecified atom stereocenters. The van der Waals surface area contributed by atoms with Gasteiger partial charge in [-0.15, -0.1) is 0 Å². The summed E-state index contributed by atoms with van der Waals surface area (Å²) in [6, 6.07) is 8.57. The van der Waals surface area contributed by atoms with E-state index in [1.807, 2.05) is 0 Å². The number of para-hydroxylation sites is 1. The monoisotopic (exact) mass is 252 g/mol. The fraction of sp³-hybridized carbons (Fsp3) is 0.375. The molecule has 0 aliphatic carbocycles. The number of hydrogen-bond acceptors (Lipinski definition) is 2. The third-order valence-corrected chi connectivity index (χ3v) is 4.49. The van der Waals surface area contributed by atoms with E-state index in [1.54, 1.807) is 0 Å². The van der Waals surface area contributed by atoms with Gasteiger partial charge in [-0.2, -0.15) is 0 Å². The summed E-state index contributed by atoms with van der Waals surface area (Å²) in [5.74, 6) is 2.19. The number of aromatic nitrogens is 1. The quantitative estimate of drug-likeness (QED) is 0.732. The highest BCUT2D eigenvalue weighted by Gasteiger charge is 2.35. The Labute approximate surface area is 111 Å². The first-order valence-corrected chi connectivity index (χ1v) is 6.96. The molecule has 3 heteroatoms. The number of piperidine rings is 1. The fourth-order valence-electron chi connectivity index (χ4n) is 3.64. The number of hydrogen-bond donors (Lipinski definition) is 1. The number of carbonyl (C=O) groups excluding carboxylic acids is 1. The van der Waals surface area contributed by atoms with Gasteiger partial charge in [0.15, 0.2) is 0 Å². The number of aromatic amines is 1. The third kappa shape index (κ3) is 1.52. The van der Waals surface area contributed by atoms with Crippen LogP contribution in [0.2, 0.25) is 0 Å². The maximum absolute atomic E-state index is 11.2. The van der Waals surface area contributed by atoms with E-state index in [4.69, 9.17) is 0 Å². The highest BCUT2D eigenvalue weighted by atomic mass is 16.1. The molecule has 0 spiro atoms. The number of nitrogens with zero attached hydrogens (tertiary/aromatic N) is 1. The second kappa shape index (κ2) is 4.09. The largest absolute Gasteiger partial charge is 0.357 e. The van der Waals surface area contributed by atoms with Gasteiger partial charge in [0, 0.05) is 28.7 Å². The predicted molar refractivity (Wildman–Crippen MR) is 74.8 cm³/mol. The molecule has 3 nitrogen and oxygen atoms in total. The van der Waals surface area contributed by atoms with E-state index in [0.29, 0.717) is 0 Å². The van der Waals surface area contributed by atoms with Crippen molar-refractivity contribution in [2.45, 2.75) is 25.3 Å². The Hall–Kier alpha value is -1.83. The Balaban J connectivity index is 1.95. The Bertz CT molecular complexity index is 694. The third-order valence-electron chi connectivity index (χ3n) is 4.49. The van der Waals surface area contributed by atoms with Crippen molar-refractivity contribution >= 4 is 16.8 Å². The number of fused-ring (bicyclic) bond motifs is 5. The van der Waals surface area contributed by atoms with Gasteiger partial charge in [-0.05, 0) is 37.4 Å². The Morgan fingerprint density at radius 3 is 3.00 bits per heavy atom. The zero-order valence-electron chi connectivity index (χ0n) is 10.8. The number of rotatable bonds is 0. The van der Waals surface area contributed by atoms with Crippen molar-refractivity contribution in [3.8, 4) is 0 Å². The van der Waals surface area contributed by atoms with Crippen molar-refractivity contribution in [2.75, 3.05) is 13.1 Å². The maximum Gasteiger partial charge on any atom is 0.125 e. The summed E-state index contributed by atoms with van der Waals surface area (Å²) >= 11 is 0. The summed E-state index contributed by atoms with van der Waals surface area (Å²) in [4.78, 5) is 17.2. The zero-order chi connectivity index (χ0) is 12.8. The zero-order valence-corrected chi connectivity index (χ0v) is 10.8. The molecule has 2 aliphatic heterocycles. The molecule has 0 amide bonds. The average Bonchev–Trinajstić information content (AvgIpc) is 2.85. The fourth-order valence-corrected chi connectivity index (χ4v) is 3.64. The van der Waals surface area contributed by atoms with Gasteiger partial charge in [-0.1, -0.05) is 18.2 Å². The Morgan fingerprint density at radius 2 is 2.11 bits per heavy atom. The minimum absolute atomic E-state index is 0.141. The van der Waals surface area contributed by atoms with E-state index in [-0.39, 0.29) is 6.04 Å². The highest BCUT2D eigenvalue weighted by Crippen LogP contribution is 2.41. The van der Waals surface area contributed by atoms with Crippen molar-refractivity contribution in [2.24, 2.45) is 0 Å². The number of nitrogens with one attached hydrogen (secondary N) is 1. The second-order valence-corrected chi connectivity index (χ2v) is 5.48. The lowest BCUT2D eigenvalue weighted by Crippen LogP contribution is -2.40. The Kier molecular flexibility index (Phi) is 2.37. The molecular weight excluding hydrogens is 236 g/mol. The highest BCUT2D eigenvalue weighted by molar-refractivity contribution is 5.85. The van der Waals surface area contributed by atoms with E-state index in [1.165, 1.54) is 22.2 Å². The molecule has 3 heterocycles. The summed E-state index contributed by atoms with van der Waals surface area (Å²) < 4.78 is 0. The summed E-state index contributed by atoms with van der Waals surface area (Å²) in [5.41, 5.74) is 4.72. The predicted octanol–water partition coefficient (Wildman–Crippen LogP) is 2.62. The molecule has 19 heavy (non-hydrogen) atoms. The summed E-state index contributed by atoms with van der Waals surface area (Å²) in [7, 11) is 0. The van der Waals surface area contributed by atoms with Crippen LogP contribution in [0.4, 0.5) is 0 Å². The van der Waals surface area contributed by atoms with E-state index in [2.05, 4.69) is 40.1 Å². The lowest BCUT2D eigenvalue weighted by Gasteiger charge is -2.39. The maximum atomic E-state index is 11.2. The lowest BCUT2D eigenvalue weighted by molar-refractivity contribution is 0.180. The molecule has 1 aromatic heterocycles. The van der Waals surface area contributed by atoms with Gasteiger partial charge in [0.2, 0.25) is 0 Å². The molecule has 96 valence electrons. The molecule has 1 fully saturated rings. The van der Waals surface area contributed by atoms with Crippen molar-refractivity contribution in [3.05, 3.63) is 41.1 Å². The minimum Gasteiger partial charge on any atom is -0.357 e. The SMILES string of the molecule is O=C=C1CCCN2CCc3c([nH]c4ccccc34)C12. The summed E-state index contributed by atoms with van der Waals surface area (Å²) in [5, 5.41) is 1.31. The molecule has 0 radical (unpaired) electrons. The van der Waals surface area contributed by atoms with Crippen LogP contribution in [-0.4, -0.2) is 28.9 Å². The molecule has 1 saturated heterocycles. The van der Waals surface area contributed by atoms with E-state index < -0.39 is 0 Å². The average molecular weight is 252 g/mol. The lowest BCUT2D eigenvalue weighted by atomic mass is 9.88. The van der Waals surface area contributed by atoms with Crippen LogP contribution in [0.15, 0.2) is 29.8 Å². The van der Waals surface area contributed by atoms with E-state index in [0.717, 1.165) is 37.9 Å². The number of benzene rings is 1. The first kappa shape index (κ1) is 11.0. The summed E-state index contributed by atoms with van der Waals surface area (Å²) in [6.45, 7) is 2.13. The van der Waals surface area contributed by atoms with Gasteiger partial charge in [-0.3, -0.25) is 4.90 Å². The standard InChI is InChI=1S/C16H16N2O/c19-10-11-4-3-8-18-9-7-13-12-5-1-2-6-14(12)17-15(13)16(11)18/h1-2,5-6,16-17H,3-4,7-9H2. The molecule has 1 aromatic carbocycles. The molecule has 1 atom stereocenters. The van der Waals surface area contributed by atoms with Gasteiger partial charge >= 0.3 is 0 Å². The van der Waals surface area contributed by atoms with Crippen molar-refractivity contribution in [1.82, 2.24) is 9.88 Å². The van der Waals surface area contributed by atoms with Crippen LogP contribution in [0, 0.1) is 0 Å². The van der Waals surface area contributed by atoms with Crippen LogP contribution in [-0.2, 0) is 11.2 Å². The minimum atomic E-state index is 0.141. The first-order valence-electron chi connectivity index (χ1n) is 6.96. The van der Waals surface area contributed by atoms with Crippen LogP contribution in [0.1, 0.15) is 30.1 Å². The summed E-state index contributed by atoms with van der Waals surface area (Å²) in [6.07, 6.45) is 3.04. The molecule has 0 bridgehead atoms. The smallest absolute Gasteiger partial charge is 0.125 e. The van der Waals surface area contributed by atoms with E-state index >= 15 is 0 Å². The van der Waals surface area contributed by atoms with Crippen LogP contribution < -0.4 is 0 Å². The molecular formula is C16H16N2O. The molecule has 0 saturated carbocycles. The van der Waals surface area contributed by atoms with Crippen molar-refractivity contribution in [1.29, 1.82) is 0 Å². The normalized spacial score (nSPS) is 22.9. The molecule has 1 N–H and O–H groups in total. The van der Waals surface area contributed by atoms with Gasteiger partial charge in [0.25, 0.3) is 0 Å². The van der Waals surface area contributed by atoms with Gasteiger partial charge < -0.3 is 4.98 Å². The van der Waals surface area contributed by atoms with Crippen LogP contribution in [0.5, 0.6) is 0 Å². The van der Waals surface area contributed by atoms with Crippen molar-refractivity contribution < 1.29 is 4.79 Å².